The zero-order valence-electron chi connectivity index (χ0n) is 20.8. The minimum atomic E-state index is -0.823. The van der Waals surface area contributed by atoms with Crippen LogP contribution in [0.5, 0.6) is 17.2 Å². The van der Waals surface area contributed by atoms with Crippen molar-refractivity contribution < 1.29 is 23.8 Å². The maximum atomic E-state index is 13.5. The highest BCUT2D eigenvalue weighted by atomic mass is 16.7. The fraction of sp³-hybridized carbons (Fsp3) is 0.222. The minimum Gasteiger partial charge on any atom is -0.454 e. The van der Waals surface area contributed by atoms with Gasteiger partial charge in [-0.25, -0.2) is 19.7 Å². The largest absolute Gasteiger partial charge is 0.454 e. The highest BCUT2D eigenvalue weighted by Crippen LogP contribution is 2.32. The molecule has 4 heterocycles. The molecule has 2 aromatic heterocycles. The Labute approximate surface area is 223 Å². The second-order valence-corrected chi connectivity index (χ2v) is 8.95. The number of benzene rings is 2. The summed E-state index contributed by atoms with van der Waals surface area (Å²) in [6, 6.07) is 15.3. The number of rotatable bonds is 6. The number of ether oxygens (including phenoxy) is 3. The lowest BCUT2D eigenvalue weighted by molar-refractivity contribution is -0.126. The van der Waals surface area contributed by atoms with E-state index in [9.17, 15) is 9.59 Å². The standard InChI is InChI=1S/C27H25N7O5/c35-26(29-14-19-6-7-22-23(12-19)38-18-37-22)21-15-32(24-13-25(31-16-30-24)33-9-8-28-17-33)10-11-34(21)27(36)39-20-4-2-1-3-5-20/h1-9,12-13,16-17,21H,10-11,14-15,18H2,(H,29,35). The maximum absolute atomic E-state index is 13.5. The molecule has 12 heteroatoms. The Bertz CT molecular complexity index is 1460. The molecule has 2 aromatic carbocycles. The van der Waals surface area contributed by atoms with Crippen LogP contribution in [0.25, 0.3) is 5.82 Å². The molecule has 2 amide bonds. The topological polar surface area (TPSA) is 124 Å². The molecule has 4 aromatic rings. The summed E-state index contributed by atoms with van der Waals surface area (Å²) in [5.41, 5.74) is 0.847. The van der Waals surface area contributed by atoms with Crippen molar-refractivity contribution >= 4 is 17.8 Å². The Balaban J connectivity index is 1.21. The van der Waals surface area contributed by atoms with Gasteiger partial charge in [0, 0.05) is 44.6 Å². The van der Waals surface area contributed by atoms with Crippen molar-refractivity contribution in [2.75, 3.05) is 31.3 Å². The van der Waals surface area contributed by atoms with Gasteiger partial charge >= 0.3 is 6.09 Å². The van der Waals surface area contributed by atoms with Crippen LogP contribution >= 0.6 is 0 Å². The summed E-state index contributed by atoms with van der Waals surface area (Å²) in [6.45, 7) is 1.37. The molecule has 2 aliphatic rings. The lowest BCUT2D eigenvalue weighted by Gasteiger charge is -2.40. The number of nitrogens with zero attached hydrogens (tertiary/aromatic N) is 6. The second-order valence-electron chi connectivity index (χ2n) is 8.95. The average Bonchev–Trinajstić information content (AvgIpc) is 3.69. The van der Waals surface area contributed by atoms with E-state index >= 15 is 0 Å². The molecular formula is C27H25N7O5. The van der Waals surface area contributed by atoms with Gasteiger partial charge in [-0.2, -0.15) is 0 Å². The molecule has 1 unspecified atom stereocenters. The first-order valence-electron chi connectivity index (χ1n) is 12.4. The third kappa shape index (κ3) is 5.30. The summed E-state index contributed by atoms with van der Waals surface area (Å²) in [6.07, 6.45) is 5.98. The average molecular weight is 528 g/mol. The van der Waals surface area contributed by atoms with Gasteiger partial charge in [0.05, 0.1) is 0 Å². The number of carbonyl (C=O) groups excluding carboxylic acids is 2. The molecular weight excluding hydrogens is 502 g/mol. The van der Waals surface area contributed by atoms with E-state index in [2.05, 4.69) is 20.3 Å². The number of hydrogen-bond donors (Lipinski definition) is 1. The number of hydrogen-bond acceptors (Lipinski definition) is 9. The molecule has 1 atom stereocenters. The van der Waals surface area contributed by atoms with Crippen LogP contribution in [0.4, 0.5) is 10.6 Å². The van der Waals surface area contributed by atoms with Gasteiger partial charge in [-0.15, -0.1) is 0 Å². The van der Waals surface area contributed by atoms with Gasteiger partial charge in [0.1, 0.15) is 36.1 Å². The second kappa shape index (κ2) is 10.7. The van der Waals surface area contributed by atoms with Crippen LogP contribution in [-0.2, 0) is 11.3 Å². The number of aromatic nitrogens is 4. The van der Waals surface area contributed by atoms with Crippen molar-refractivity contribution in [2.45, 2.75) is 12.6 Å². The normalized spacial score (nSPS) is 16.2. The summed E-state index contributed by atoms with van der Waals surface area (Å²) in [5.74, 6) is 2.68. The SMILES string of the molecule is O=C(NCc1ccc2c(c1)OCO2)C1CN(c2cc(-n3ccnc3)ncn2)CCN1C(=O)Oc1ccccc1. The first kappa shape index (κ1) is 24.2. The molecule has 1 N–H and O–H groups in total. The maximum Gasteiger partial charge on any atom is 0.416 e. The van der Waals surface area contributed by atoms with Crippen molar-refractivity contribution in [1.29, 1.82) is 0 Å². The molecule has 6 rings (SSSR count). The first-order valence-corrected chi connectivity index (χ1v) is 12.4. The van der Waals surface area contributed by atoms with Crippen LogP contribution in [0.2, 0.25) is 0 Å². The quantitative estimate of drug-likeness (QED) is 0.403. The van der Waals surface area contributed by atoms with Gasteiger partial charge in [0.2, 0.25) is 12.7 Å². The molecule has 0 bridgehead atoms. The predicted octanol–water partition coefficient (Wildman–Crippen LogP) is 2.40. The third-order valence-corrected chi connectivity index (χ3v) is 6.50. The van der Waals surface area contributed by atoms with Crippen molar-refractivity contribution in [3.05, 3.63) is 85.2 Å². The Kier molecular flexibility index (Phi) is 6.64. The molecule has 0 radical (unpaired) electrons. The molecule has 1 saturated heterocycles. The zero-order valence-corrected chi connectivity index (χ0v) is 20.8. The number of fused-ring (bicyclic) bond motifs is 1. The van der Waals surface area contributed by atoms with E-state index in [1.165, 1.54) is 11.2 Å². The van der Waals surface area contributed by atoms with E-state index in [-0.39, 0.29) is 32.3 Å². The van der Waals surface area contributed by atoms with E-state index in [4.69, 9.17) is 14.2 Å². The summed E-state index contributed by atoms with van der Waals surface area (Å²) in [4.78, 5) is 42.9. The van der Waals surface area contributed by atoms with E-state index in [0.717, 1.165) is 5.56 Å². The molecule has 198 valence electrons. The Morgan fingerprint density at radius 3 is 2.69 bits per heavy atom. The van der Waals surface area contributed by atoms with Gasteiger partial charge in [0.25, 0.3) is 0 Å². The van der Waals surface area contributed by atoms with Gasteiger partial charge in [0.15, 0.2) is 11.5 Å². The Morgan fingerprint density at radius 2 is 1.85 bits per heavy atom. The van der Waals surface area contributed by atoms with Gasteiger partial charge in [-0.1, -0.05) is 24.3 Å². The number of nitrogens with one attached hydrogen (secondary N) is 1. The fourth-order valence-electron chi connectivity index (χ4n) is 4.49. The number of imidazole rings is 1. The van der Waals surface area contributed by atoms with Crippen LogP contribution in [0.1, 0.15) is 5.56 Å². The van der Waals surface area contributed by atoms with E-state index in [1.807, 2.05) is 35.2 Å². The molecule has 2 aliphatic heterocycles. The fourth-order valence-corrected chi connectivity index (χ4v) is 4.49. The van der Waals surface area contributed by atoms with Crippen LogP contribution in [0.3, 0.4) is 0 Å². The van der Waals surface area contributed by atoms with Gasteiger partial charge < -0.3 is 24.4 Å². The summed E-state index contributed by atoms with van der Waals surface area (Å²) >= 11 is 0. The smallest absolute Gasteiger partial charge is 0.416 e. The molecule has 39 heavy (non-hydrogen) atoms. The lowest BCUT2D eigenvalue weighted by Crippen LogP contribution is -2.61. The third-order valence-electron chi connectivity index (χ3n) is 6.50. The Hall–Kier alpha value is -5.13. The first-order chi connectivity index (χ1) is 19.1. The van der Waals surface area contributed by atoms with E-state index in [0.29, 0.717) is 35.4 Å². The van der Waals surface area contributed by atoms with Crippen LogP contribution < -0.4 is 24.4 Å². The number of para-hydroxylation sites is 1. The summed E-state index contributed by atoms with van der Waals surface area (Å²) in [7, 11) is 0. The van der Waals surface area contributed by atoms with Gasteiger partial charge in [-0.3, -0.25) is 14.3 Å². The molecule has 12 nitrogen and oxygen atoms in total. The van der Waals surface area contributed by atoms with Crippen LogP contribution in [-0.4, -0.2) is 68.9 Å². The number of anilines is 1. The number of carbonyl (C=O) groups is 2. The van der Waals surface area contributed by atoms with E-state index < -0.39 is 12.1 Å². The highest BCUT2D eigenvalue weighted by Gasteiger charge is 2.37. The van der Waals surface area contributed by atoms with Crippen LogP contribution in [0.15, 0.2) is 79.6 Å². The molecule has 1 fully saturated rings. The molecule has 0 aliphatic carbocycles. The van der Waals surface area contributed by atoms with Gasteiger partial charge in [-0.05, 0) is 29.8 Å². The highest BCUT2D eigenvalue weighted by molar-refractivity contribution is 5.87. The van der Waals surface area contributed by atoms with Crippen LogP contribution in [0, 0.1) is 0 Å². The minimum absolute atomic E-state index is 0.174. The number of amides is 2. The van der Waals surface area contributed by atoms with Crippen molar-refractivity contribution in [2.24, 2.45) is 0 Å². The predicted molar refractivity (Wildman–Crippen MR) is 139 cm³/mol. The Morgan fingerprint density at radius 1 is 1.00 bits per heavy atom. The van der Waals surface area contributed by atoms with Crippen molar-refractivity contribution in [3.63, 3.8) is 0 Å². The lowest BCUT2D eigenvalue weighted by atomic mass is 10.1. The molecule has 0 spiro atoms. The summed E-state index contributed by atoms with van der Waals surface area (Å²) in [5, 5.41) is 2.96. The van der Waals surface area contributed by atoms with Crippen molar-refractivity contribution in [1.82, 2.24) is 29.7 Å². The zero-order chi connectivity index (χ0) is 26.6. The van der Waals surface area contributed by atoms with E-state index in [1.54, 1.807) is 47.6 Å². The molecule has 0 saturated carbocycles. The number of piperazine rings is 1. The summed E-state index contributed by atoms with van der Waals surface area (Å²) < 4.78 is 18.1. The van der Waals surface area contributed by atoms with Crippen molar-refractivity contribution in [3.8, 4) is 23.1 Å². The monoisotopic (exact) mass is 527 g/mol.